The highest BCUT2D eigenvalue weighted by Crippen LogP contribution is 2.21. The van der Waals surface area contributed by atoms with E-state index in [1.165, 1.54) is 18.6 Å². The largest absolute Gasteiger partial charge is 0.298 e. The van der Waals surface area contributed by atoms with Crippen molar-refractivity contribution in [3.63, 3.8) is 0 Å². The molecule has 19 heavy (non-hydrogen) atoms. The van der Waals surface area contributed by atoms with Gasteiger partial charge < -0.3 is 0 Å². The van der Waals surface area contributed by atoms with Crippen LogP contribution in [0.15, 0.2) is 29.2 Å². The average Bonchev–Trinajstić information content (AvgIpc) is 2.64. The molecular weight excluding hydrogens is 264 g/mol. The Bertz CT molecular complexity index is 632. The standard InChI is InChI=1S/C13H13N2O3S/c14-9-11-5-1-2-7-13(11)19(17,18)15-8-4-3-6-12(16)10-15/h1-2,5-7H,3-4,8,10H2. The van der Waals surface area contributed by atoms with Crippen molar-refractivity contribution in [2.75, 3.05) is 13.1 Å². The summed E-state index contributed by atoms with van der Waals surface area (Å²) in [7, 11) is -3.79. The molecule has 2 rings (SSSR count). The minimum absolute atomic E-state index is 0.0350. The molecule has 6 heteroatoms. The molecular formula is C13H13N2O3S. The van der Waals surface area contributed by atoms with Gasteiger partial charge in [0.25, 0.3) is 0 Å². The van der Waals surface area contributed by atoms with E-state index in [9.17, 15) is 13.2 Å². The summed E-state index contributed by atoms with van der Waals surface area (Å²) in [5.74, 6) is -0.199. The number of carbonyl (C=O) groups excluding carboxylic acids is 1. The Morgan fingerprint density at radius 2 is 2.00 bits per heavy atom. The third kappa shape index (κ3) is 2.83. The van der Waals surface area contributed by atoms with Crippen molar-refractivity contribution < 1.29 is 13.2 Å². The van der Waals surface area contributed by atoms with Gasteiger partial charge in [0.05, 0.1) is 17.0 Å². The summed E-state index contributed by atoms with van der Waals surface area (Å²) in [4.78, 5) is 11.5. The molecule has 0 atom stereocenters. The second-order valence-electron chi connectivity index (χ2n) is 4.26. The lowest BCUT2D eigenvalue weighted by molar-refractivity contribution is -0.115. The molecule has 1 aromatic rings. The van der Waals surface area contributed by atoms with Crippen molar-refractivity contribution in [2.24, 2.45) is 0 Å². The van der Waals surface area contributed by atoms with E-state index < -0.39 is 10.0 Å². The SMILES string of the molecule is N#Cc1ccccc1S(=O)(=O)N1CCC[CH]C(=O)C1. The lowest BCUT2D eigenvalue weighted by Crippen LogP contribution is -2.35. The summed E-state index contributed by atoms with van der Waals surface area (Å²) >= 11 is 0. The monoisotopic (exact) mass is 277 g/mol. The quantitative estimate of drug-likeness (QED) is 0.811. The van der Waals surface area contributed by atoms with E-state index in [1.807, 2.05) is 6.07 Å². The van der Waals surface area contributed by atoms with Crippen LogP contribution in [0.4, 0.5) is 0 Å². The molecule has 0 unspecified atom stereocenters. The highest BCUT2D eigenvalue weighted by atomic mass is 32.2. The number of carbonyl (C=O) groups is 1. The van der Waals surface area contributed by atoms with Gasteiger partial charge in [-0.25, -0.2) is 8.42 Å². The highest BCUT2D eigenvalue weighted by molar-refractivity contribution is 7.89. The number of sulfonamides is 1. The number of ketones is 1. The number of hydrogen-bond donors (Lipinski definition) is 0. The number of nitriles is 1. The van der Waals surface area contributed by atoms with E-state index in [2.05, 4.69) is 0 Å². The summed E-state index contributed by atoms with van der Waals surface area (Å²) in [5, 5.41) is 8.98. The predicted octanol–water partition coefficient (Wildman–Crippen LogP) is 1.12. The van der Waals surface area contributed by atoms with Crippen LogP contribution in [0.5, 0.6) is 0 Å². The van der Waals surface area contributed by atoms with Crippen LogP contribution in [0, 0.1) is 17.8 Å². The first-order valence-electron chi connectivity index (χ1n) is 5.91. The molecule has 0 aromatic heterocycles. The number of benzene rings is 1. The van der Waals surface area contributed by atoms with Gasteiger partial charge >= 0.3 is 0 Å². The van der Waals surface area contributed by atoms with Gasteiger partial charge in [0, 0.05) is 13.0 Å². The van der Waals surface area contributed by atoms with Gasteiger partial charge in [-0.2, -0.15) is 9.57 Å². The predicted molar refractivity (Wildman–Crippen MR) is 68.5 cm³/mol. The fourth-order valence-corrected chi connectivity index (χ4v) is 3.56. The molecule has 1 heterocycles. The van der Waals surface area contributed by atoms with Crippen LogP contribution < -0.4 is 0 Å². The molecule has 0 saturated carbocycles. The zero-order valence-electron chi connectivity index (χ0n) is 10.2. The molecule has 1 aliphatic heterocycles. The molecule has 1 radical (unpaired) electrons. The molecule has 0 aliphatic carbocycles. The van der Waals surface area contributed by atoms with E-state index >= 15 is 0 Å². The van der Waals surface area contributed by atoms with Gasteiger partial charge in [0.1, 0.15) is 6.07 Å². The summed E-state index contributed by atoms with van der Waals surface area (Å²) in [6.45, 7) is 0.145. The molecule has 5 nitrogen and oxygen atoms in total. The smallest absolute Gasteiger partial charge is 0.244 e. The van der Waals surface area contributed by atoms with Gasteiger partial charge in [-0.15, -0.1) is 0 Å². The van der Waals surface area contributed by atoms with Gasteiger partial charge in [0.15, 0.2) is 5.78 Å². The van der Waals surface area contributed by atoms with Crippen LogP contribution in [0.1, 0.15) is 18.4 Å². The Hall–Kier alpha value is -1.71. The average molecular weight is 277 g/mol. The first-order valence-corrected chi connectivity index (χ1v) is 7.35. The van der Waals surface area contributed by atoms with Crippen LogP contribution in [-0.2, 0) is 14.8 Å². The summed E-state index contributed by atoms with van der Waals surface area (Å²) in [6, 6.07) is 7.90. The molecule has 1 aliphatic rings. The molecule has 0 spiro atoms. The molecule has 0 amide bonds. The Morgan fingerprint density at radius 1 is 1.26 bits per heavy atom. The fraction of sp³-hybridized carbons (Fsp3) is 0.308. The van der Waals surface area contributed by atoms with E-state index in [0.29, 0.717) is 19.4 Å². The minimum Gasteiger partial charge on any atom is -0.298 e. The second kappa shape index (κ2) is 5.51. The van der Waals surface area contributed by atoms with Crippen LogP contribution in [0.2, 0.25) is 0 Å². The van der Waals surface area contributed by atoms with E-state index in [0.717, 1.165) is 4.31 Å². The van der Waals surface area contributed by atoms with Crippen molar-refractivity contribution in [1.29, 1.82) is 5.26 Å². The fourth-order valence-electron chi connectivity index (χ4n) is 1.98. The molecule has 0 bridgehead atoms. The minimum atomic E-state index is -3.79. The van der Waals surface area contributed by atoms with Gasteiger partial charge in [0.2, 0.25) is 10.0 Å². The van der Waals surface area contributed by atoms with Crippen molar-refractivity contribution in [2.45, 2.75) is 17.7 Å². The van der Waals surface area contributed by atoms with Gasteiger partial charge in [-0.3, -0.25) is 4.79 Å². The summed E-state index contributed by atoms with van der Waals surface area (Å²) in [6.07, 6.45) is 2.72. The van der Waals surface area contributed by atoms with Crippen molar-refractivity contribution in [3.8, 4) is 6.07 Å². The third-order valence-electron chi connectivity index (χ3n) is 2.94. The Kier molecular flexibility index (Phi) is 3.98. The van der Waals surface area contributed by atoms with E-state index in [-0.39, 0.29) is 22.8 Å². The maximum atomic E-state index is 12.5. The zero-order valence-corrected chi connectivity index (χ0v) is 11.1. The molecule has 0 N–H and O–H groups in total. The topological polar surface area (TPSA) is 78.2 Å². The van der Waals surface area contributed by atoms with E-state index in [1.54, 1.807) is 12.1 Å². The second-order valence-corrected chi connectivity index (χ2v) is 6.17. The van der Waals surface area contributed by atoms with Crippen LogP contribution in [0.25, 0.3) is 0 Å². The van der Waals surface area contributed by atoms with Crippen molar-refractivity contribution in [3.05, 3.63) is 36.2 Å². The van der Waals surface area contributed by atoms with Gasteiger partial charge in [-0.05, 0) is 25.0 Å². The number of hydrogen-bond acceptors (Lipinski definition) is 4. The van der Waals surface area contributed by atoms with Crippen molar-refractivity contribution in [1.82, 2.24) is 4.31 Å². The normalized spacial score (nSPS) is 17.7. The number of rotatable bonds is 2. The summed E-state index contributed by atoms with van der Waals surface area (Å²) < 4.78 is 26.1. The number of Topliss-reactive ketones (excluding diaryl/α,β-unsaturated/α-hetero) is 1. The lowest BCUT2D eigenvalue weighted by atomic mass is 10.2. The maximum absolute atomic E-state index is 12.5. The maximum Gasteiger partial charge on any atom is 0.244 e. The first-order chi connectivity index (χ1) is 9.05. The third-order valence-corrected chi connectivity index (χ3v) is 4.84. The Labute approximate surface area is 112 Å². The highest BCUT2D eigenvalue weighted by Gasteiger charge is 2.29. The Morgan fingerprint density at radius 3 is 2.74 bits per heavy atom. The zero-order chi connectivity index (χ0) is 13.9. The summed E-state index contributed by atoms with van der Waals surface area (Å²) in [5.41, 5.74) is 0.100. The van der Waals surface area contributed by atoms with Crippen LogP contribution in [-0.4, -0.2) is 31.6 Å². The van der Waals surface area contributed by atoms with E-state index in [4.69, 9.17) is 5.26 Å². The van der Waals surface area contributed by atoms with Crippen LogP contribution >= 0.6 is 0 Å². The molecule has 1 fully saturated rings. The van der Waals surface area contributed by atoms with Gasteiger partial charge in [-0.1, -0.05) is 12.1 Å². The number of nitrogens with zero attached hydrogens (tertiary/aromatic N) is 2. The first kappa shape index (κ1) is 13.7. The molecule has 99 valence electrons. The Balaban J connectivity index is 2.42. The molecule has 1 saturated heterocycles. The molecule has 1 aromatic carbocycles. The van der Waals surface area contributed by atoms with Crippen molar-refractivity contribution >= 4 is 15.8 Å². The van der Waals surface area contributed by atoms with Crippen LogP contribution in [0.3, 0.4) is 0 Å². The lowest BCUT2D eigenvalue weighted by Gasteiger charge is -2.19.